The number of halogens is 1. The number of fused-ring (bicyclic) bond motifs is 2. The highest BCUT2D eigenvalue weighted by molar-refractivity contribution is 6.35. The third-order valence-corrected chi connectivity index (χ3v) is 7.63. The molecule has 1 saturated carbocycles. The number of morpholine rings is 1. The van der Waals surface area contributed by atoms with Crippen molar-refractivity contribution in [3.8, 4) is 0 Å². The number of anilines is 2. The third kappa shape index (κ3) is 4.61. The molecule has 2 fully saturated rings. The lowest BCUT2D eigenvalue weighted by Gasteiger charge is -2.38. The molecule has 1 aliphatic heterocycles. The van der Waals surface area contributed by atoms with E-state index in [-0.39, 0.29) is 41.8 Å². The van der Waals surface area contributed by atoms with Crippen LogP contribution in [0, 0.1) is 5.92 Å². The Hall–Kier alpha value is -3.89. The van der Waals surface area contributed by atoms with Crippen molar-refractivity contribution in [1.29, 1.82) is 0 Å². The topological polar surface area (TPSA) is 130 Å². The summed E-state index contributed by atoms with van der Waals surface area (Å²) >= 11 is 6.16. The van der Waals surface area contributed by atoms with Crippen molar-refractivity contribution in [3.63, 3.8) is 0 Å². The van der Waals surface area contributed by atoms with Gasteiger partial charge in [-0.2, -0.15) is 0 Å². The van der Waals surface area contributed by atoms with Gasteiger partial charge in [-0.3, -0.25) is 19.4 Å². The fourth-order valence-corrected chi connectivity index (χ4v) is 5.57. The number of nitrogens with one attached hydrogen (secondary N) is 3. The molecule has 0 bridgehead atoms. The summed E-state index contributed by atoms with van der Waals surface area (Å²) < 4.78 is 11.1. The molecule has 0 radical (unpaired) electrons. The first kappa shape index (κ1) is 24.4. The average Bonchev–Trinajstić information content (AvgIpc) is 3.49. The smallest absolute Gasteiger partial charge is 0.293 e. The summed E-state index contributed by atoms with van der Waals surface area (Å²) in [6.07, 6.45) is 6.04. The molecule has 4 heterocycles. The van der Waals surface area contributed by atoms with E-state index >= 15 is 0 Å². The molecular weight excluding hydrogens is 510 g/mol. The number of carbonyl (C=O) groups excluding carboxylic acids is 3. The van der Waals surface area contributed by atoms with Crippen molar-refractivity contribution in [3.05, 3.63) is 53.5 Å². The van der Waals surface area contributed by atoms with Crippen molar-refractivity contribution in [2.45, 2.75) is 31.7 Å². The van der Waals surface area contributed by atoms with Crippen molar-refractivity contribution >= 4 is 62.7 Å². The van der Waals surface area contributed by atoms with Crippen molar-refractivity contribution in [2.75, 3.05) is 30.4 Å². The number of amides is 3. The molecule has 0 unspecified atom stereocenters. The number of hydrogen-bond donors (Lipinski definition) is 3. The normalized spacial score (nSPS) is 20.1. The van der Waals surface area contributed by atoms with Gasteiger partial charge in [0.05, 0.1) is 11.6 Å². The summed E-state index contributed by atoms with van der Waals surface area (Å²) in [6.45, 7) is 1.26. The molecule has 38 heavy (non-hydrogen) atoms. The number of pyridine rings is 1. The van der Waals surface area contributed by atoms with E-state index in [0.29, 0.717) is 47.8 Å². The highest BCUT2D eigenvalue weighted by Gasteiger charge is 2.34. The van der Waals surface area contributed by atoms with Crippen LogP contribution in [-0.4, -0.2) is 58.4 Å². The first-order chi connectivity index (χ1) is 18.5. The SMILES string of the molecule is O=C(Nc1ccc2c(Cl)c[nH]c2c1)c1oc2cccnc2c1NC(=O)C1CCC(N2CCOCC2=O)CC1. The van der Waals surface area contributed by atoms with Gasteiger partial charge in [-0.15, -0.1) is 0 Å². The summed E-state index contributed by atoms with van der Waals surface area (Å²) in [7, 11) is 0. The van der Waals surface area contributed by atoms with E-state index in [9.17, 15) is 14.4 Å². The molecule has 3 aromatic heterocycles. The van der Waals surface area contributed by atoms with Gasteiger partial charge in [0.1, 0.15) is 17.8 Å². The minimum absolute atomic E-state index is 0.00857. The molecule has 0 spiro atoms. The summed E-state index contributed by atoms with van der Waals surface area (Å²) in [6, 6.07) is 8.86. The number of furan rings is 1. The van der Waals surface area contributed by atoms with Gasteiger partial charge in [-0.1, -0.05) is 11.6 Å². The zero-order valence-electron chi connectivity index (χ0n) is 20.5. The molecule has 196 valence electrons. The van der Waals surface area contributed by atoms with Crippen LogP contribution in [-0.2, 0) is 14.3 Å². The van der Waals surface area contributed by atoms with Gasteiger partial charge in [-0.25, -0.2) is 0 Å². The first-order valence-electron chi connectivity index (χ1n) is 12.6. The number of aromatic amines is 1. The fourth-order valence-electron chi connectivity index (χ4n) is 5.35. The fraction of sp³-hybridized carbons (Fsp3) is 0.333. The lowest BCUT2D eigenvalue weighted by atomic mass is 9.84. The van der Waals surface area contributed by atoms with Crippen molar-refractivity contribution in [1.82, 2.24) is 14.9 Å². The van der Waals surface area contributed by atoms with Crippen LogP contribution >= 0.6 is 11.6 Å². The van der Waals surface area contributed by atoms with Crippen LogP contribution in [0.5, 0.6) is 0 Å². The zero-order valence-corrected chi connectivity index (χ0v) is 21.2. The van der Waals surface area contributed by atoms with Crippen molar-refractivity contribution < 1.29 is 23.5 Å². The molecule has 11 heteroatoms. The van der Waals surface area contributed by atoms with Gasteiger partial charge in [0.25, 0.3) is 5.91 Å². The summed E-state index contributed by atoms with van der Waals surface area (Å²) in [5, 5.41) is 7.20. The minimum Gasteiger partial charge on any atom is -0.447 e. The zero-order chi connectivity index (χ0) is 26.2. The van der Waals surface area contributed by atoms with Gasteiger partial charge in [0.15, 0.2) is 5.58 Å². The van der Waals surface area contributed by atoms with Crippen LogP contribution in [0.1, 0.15) is 36.2 Å². The largest absolute Gasteiger partial charge is 0.447 e. The van der Waals surface area contributed by atoms with E-state index in [0.717, 1.165) is 23.7 Å². The third-order valence-electron chi connectivity index (χ3n) is 7.32. The van der Waals surface area contributed by atoms with Crippen LogP contribution in [0.15, 0.2) is 47.1 Å². The Morgan fingerprint density at radius 3 is 2.79 bits per heavy atom. The Kier molecular flexibility index (Phi) is 6.50. The number of nitrogens with zero attached hydrogens (tertiary/aromatic N) is 2. The van der Waals surface area contributed by atoms with Crippen molar-refractivity contribution in [2.24, 2.45) is 5.92 Å². The molecule has 2 aliphatic rings. The lowest BCUT2D eigenvalue weighted by Crippen LogP contribution is -2.49. The standard InChI is InChI=1S/C27H26ClN5O5/c28-19-13-30-20-12-16(5-8-18(19)20)31-27(36)25-24(23-21(38-25)2-1-9-29-23)32-26(35)15-3-6-17(7-4-15)33-10-11-37-14-22(33)34/h1-2,5,8-9,12-13,15,17,30H,3-4,6-7,10-11,14H2,(H,31,36)(H,32,35). The Morgan fingerprint density at radius 1 is 1.13 bits per heavy atom. The molecule has 6 rings (SSSR count). The highest BCUT2D eigenvalue weighted by Crippen LogP contribution is 2.34. The van der Waals surface area contributed by atoms with E-state index in [1.165, 1.54) is 0 Å². The molecule has 1 aliphatic carbocycles. The number of rotatable bonds is 5. The molecule has 3 N–H and O–H groups in total. The molecule has 10 nitrogen and oxygen atoms in total. The van der Waals surface area contributed by atoms with Crippen LogP contribution < -0.4 is 10.6 Å². The number of carbonyl (C=O) groups is 3. The molecule has 3 amide bonds. The van der Waals surface area contributed by atoms with Gasteiger partial charge >= 0.3 is 0 Å². The number of H-pyrrole nitrogens is 1. The average molecular weight is 536 g/mol. The van der Waals surface area contributed by atoms with Gasteiger partial charge in [0.2, 0.25) is 17.6 Å². The van der Waals surface area contributed by atoms with E-state index in [4.69, 9.17) is 20.8 Å². The summed E-state index contributed by atoms with van der Waals surface area (Å²) in [5.74, 6) is -0.961. The first-order valence-corrected chi connectivity index (χ1v) is 13.0. The molecule has 0 atom stereocenters. The van der Waals surface area contributed by atoms with E-state index in [1.807, 2.05) is 11.0 Å². The Bertz CT molecular complexity index is 1540. The second-order valence-electron chi connectivity index (χ2n) is 9.64. The van der Waals surface area contributed by atoms with Crippen LogP contribution in [0.3, 0.4) is 0 Å². The van der Waals surface area contributed by atoms with Gasteiger partial charge in [0, 0.05) is 47.5 Å². The maximum atomic E-state index is 13.3. The lowest BCUT2D eigenvalue weighted by molar-refractivity contribution is -0.146. The van der Waals surface area contributed by atoms with Crippen LogP contribution in [0.2, 0.25) is 5.02 Å². The van der Waals surface area contributed by atoms with Gasteiger partial charge in [-0.05, 0) is 56.0 Å². The van der Waals surface area contributed by atoms with E-state index in [1.54, 1.807) is 36.7 Å². The highest BCUT2D eigenvalue weighted by atomic mass is 35.5. The predicted octanol–water partition coefficient (Wildman–Crippen LogP) is 4.57. The maximum absolute atomic E-state index is 13.3. The van der Waals surface area contributed by atoms with Crippen LogP contribution in [0.4, 0.5) is 11.4 Å². The quantitative estimate of drug-likeness (QED) is 0.343. The van der Waals surface area contributed by atoms with E-state index < -0.39 is 5.91 Å². The second-order valence-corrected chi connectivity index (χ2v) is 10.0. The Labute approximate surface area is 222 Å². The monoisotopic (exact) mass is 535 g/mol. The second kappa shape index (κ2) is 10.1. The molecular formula is C27H26ClN5O5. The van der Waals surface area contributed by atoms with Crippen LogP contribution in [0.25, 0.3) is 22.0 Å². The molecule has 1 saturated heterocycles. The molecule has 1 aromatic carbocycles. The number of aromatic nitrogens is 2. The number of hydrogen-bond acceptors (Lipinski definition) is 6. The predicted molar refractivity (Wildman–Crippen MR) is 142 cm³/mol. The summed E-state index contributed by atoms with van der Waals surface area (Å²) in [4.78, 5) is 48.1. The van der Waals surface area contributed by atoms with Gasteiger partial charge < -0.3 is 29.7 Å². The minimum atomic E-state index is -0.509. The Morgan fingerprint density at radius 2 is 1.97 bits per heavy atom. The number of benzene rings is 1. The maximum Gasteiger partial charge on any atom is 0.293 e. The Balaban J connectivity index is 1.19. The van der Waals surface area contributed by atoms with E-state index in [2.05, 4.69) is 20.6 Å². The summed E-state index contributed by atoms with van der Waals surface area (Å²) in [5.41, 5.74) is 2.38. The number of ether oxygens (including phenoxy) is 1. The molecule has 4 aromatic rings.